The van der Waals surface area contributed by atoms with Gasteiger partial charge in [0.05, 0.1) is 38.3 Å². The smallest absolute Gasteiger partial charge is 0.254 e. The minimum Gasteiger partial charge on any atom is -0.490 e. The zero-order valence-corrected chi connectivity index (χ0v) is 17.9. The van der Waals surface area contributed by atoms with Crippen molar-refractivity contribution >= 4 is 5.91 Å². The number of fused-ring (bicyclic) bond motifs is 2. The quantitative estimate of drug-likeness (QED) is 0.658. The predicted molar refractivity (Wildman–Crippen MR) is 111 cm³/mol. The maximum Gasteiger partial charge on any atom is 0.254 e. The van der Waals surface area contributed by atoms with E-state index < -0.39 is 0 Å². The molecule has 3 heterocycles. The fourth-order valence-electron chi connectivity index (χ4n) is 4.74. The summed E-state index contributed by atoms with van der Waals surface area (Å²) in [6.45, 7) is 7.21. The molecule has 0 aliphatic carbocycles. The Morgan fingerprint density at radius 3 is 1.93 bits per heavy atom. The van der Waals surface area contributed by atoms with Crippen molar-refractivity contribution in [3.63, 3.8) is 0 Å². The number of hydrogen-bond donors (Lipinski definition) is 0. The molecule has 0 saturated carbocycles. The normalized spacial score (nSPS) is 22.8. The Balaban J connectivity index is 1.61. The third-order valence-electron chi connectivity index (χ3n) is 5.86. The van der Waals surface area contributed by atoms with Gasteiger partial charge in [-0.3, -0.25) is 4.79 Å². The number of rotatable bonds is 8. The molecule has 2 aliphatic rings. The fraction of sp³-hybridized carbons (Fsp3) is 0.591. The molecule has 2 atom stereocenters. The zero-order chi connectivity index (χ0) is 21.1. The molecule has 2 aromatic rings. The highest BCUT2D eigenvalue weighted by molar-refractivity contribution is 5.96. The van der Waals surface area contributed by atoms with Crippen LogP contribution in [-0.4, -0.2) is 57.7 Å². The van der Waals surface area contributed by atoms with Crippen LogP contribution in [0.2, 0.25) is 0 Å². The van der Waals surface area contributed by atoms with Crippen molar-refractivity contribution in [1.29, 1.82) is 0 Å². The van der Waals surface area contributed by atoms with Gasteiger partial charge in [0.1, 0.15) is 0 Å². The van der Waals surface area contributed by atoms with Gasteiger partial charge in [0.2, 0.25) is 5.75 Å². The number of carbonyl (C=O) groups is 1. The van der Waals surface area contributed by atoms with Crippen LogP contribution in [0.4, 0.5) is 0 Å². The van der Waals surface area contributed by atoms with E-state index in [4.69, 9.17) is 14.2 Å². The van der Waals surface area contributed by atoms with Crippen molar-refractivity contribution in [3.8, 4) is 17.2 Å². The van der Waals surface area contributed by atoms with Crippen LogP contribution in [-0.2, 0) is 0 Å². The highest BCUT2D eigenvalue weighted by atomic mass is 16.5. The summed E-state index contributed by atoms with van der Waals surface area (Å²) in [5.74, 6) is 1.69. The maximum atomic E-state index is 13.6. The Bertz CT molecular complexity index is 829. The molecule has 0 radical (unpaired) electrons. The summed E-state index contributed by atoms with van der Waals surface area (Å²) in [6.07, 6.45) is 7.21. The molecule has 0 spiro atoms. The Labute approximate surface area is 177 Å². The molecular formula is C22H30N4O4. The summed E-state index contributed by atoms with van der Waals surface area (Å²) in [5, 5.41) is 8.62. The van der Waals surface area contributed by atoms with E-state index in [0.717, 1.165) is 25.7 Å². The van der Waals surface area contributed by atoms with E-state index in [1.54, 1.807) is 29.3 Å². The highest BCUT2D eigenvalue weighted by Gasteiger charge is 2.44. The van der Waals surface area contributed by atoms with Crippen molar-refractivity contribution in [1.82, 2.24) is 19.9 Å². The largest absolute Gasteiger partial charge is 0.490 e. The van der Waals surface area contributed by atoms with E-state index in [1.807, 2.05) is 20.8 Å². The Morgan fingerprint density at radius 2 is 1.43 bits per heavy atom. The molecule has 2 unspecified atom stereocenters. The minimum absolute atomic E-state index is 0.0272. The average molecular weight is 415 g/mol. The molecule has 2 fully saturated rings. The lowest BCUT2D eigenvalue weighted by molar-refractivity contribution is 0.0511. The molecule has 162 valence electrons. The third kappa shape index (κ3) is 3.82. The van der Waals surface area contributed by atoms with Crippen LogP contribution < -0.4 is 14.2 Å². The van der Waals surface area contributed by atoms with E-state index in [9.17, 15) is 4.79 Å². The van der Waals surface area contributed by atoms with Crippen LogP contribution in [0.15, 0.2) is 24.5 Å². The Hall–Kier alpha value is -2.77. The van der Waals surface area contributed by atoms with Gasteiger partial charge >= 0.3 is 0 Å². The van der Waals surface area contributed by atoms with E-state index in [-0.39, 0.29) is 24.0 Å². The second kappa shape index (κ2) is 8.93. The Morgan fingerprint density at radius 1 is 0.900 bits per heavy atom. The van der Waals surface area contributed by atoms with Crippen LogP contribution >= 0.6 is 0 Å². The van der Waals surface area contributed by atoms with E-state index in [1.165, 1.54) is 0 Å². The van der Waals surface area contributed by atoms with Crippen LogP contribution in [0, 0.1) is 0 Å². The first-order valence-corrected chi connectivity index (χ1v) is 10.9. The number of piperidine rings is 1. The summed E-state index contributed by atoms with van der Waals surface area (Å²) in [5.41, 5.74) is 0.581. The van der Waals surface area contributed by atoms with Crippen molar-refractivity contribution in [2.75, 3.05) is 19.8 Å². The molecule has 2 saturated heterocycles. The number of amides is 1. The van der Waals surface area contributed by atoms with Gasteiger partial charge < -0.3 is 19.1 Å². The Kier molecular flexibility index (Phi) is 6.11. The molecule has 8 heteroatoms. The topological polar surface area (TPSA) is 78.7 Å². The molecule has 1 amide bonds. The molecular weight excluding hydrogens is 384 g/mol. The van der Waals surface area contributed by atoms with Gasteiger partial charge in [-0.25, -0.2) is 0 Å². The van der Waals surface area contributed by atoms with Crippen molar-refractivity contribution < 1.29 is 19.0 Å². The summed E-state index contributed by atoms with van der Waals surface area (Å²) in [7, 11) is 0. The molecule has 2 aliphatic heterocycles. The summed E-state index contributed by atoms with van der Waals surface area (Å²) >= 11 is 0. The van der Waals surface area contributed by atoms with E-state index in [2.05, 4.69) is 15.1 Å². The van der Waals surface area contributed by atoms with Crippen molar-refractivity contribution in [3.05, 3.63) is 30.1 Å². The number of aromatic nitrogens is 3. The first-order chi connectivity index (χ1) is 14.7. The lowest BCUT2D eigenvalue weighted by atomic mass is 9.96. The highest BCUT2D eigenvalue weighted by Crippen LogP contribution is 2.43. The lowest BCUT2D eigenvalue weighted by Crippen LogP contribution is -2.47. The fourth-order valence-corrected chi connectivity index (χ4v) is 4.74. The number of carbonyl (C=O) groups excluding carboxylic acids is 1. The van der Waals surface area contributed by atoms with Crippen LogP contribution in [0.25, 0.3) is 0 Å². The summed E-state index contributed by atoms with van der Waals surface area (Å²) < 4.78 is 17.4. The molecule has 30 heavy (non-hydrogen) atoms. The van der Waals surface area contributed by atoms with Crippen LogP contribution in [0.3, 0.4) is 0 Å². The second-order valence-corrected chi connectivity index (χ2v) is 7.67. The van der Waals surface area contributed by atoms with Crippen LogP contribution in [0.5, 0.6) is 17.2 Å². The molecule has 4 rings (SSSR count). The summed E-state index contributed by atoms with van der Waals surface area (Å²) in [4.78, 5) is 17.4. The molecule has 0 N–H and O–H groups in total. The standard InChI is InChI=1S/C22H30N4O4/c1-4-28-19-11-15(12-20(29-5-2)21(19)30-6-3)22(27)25-16-7-8-17(25)14-18(13-16)26-23-9-10-24-26/h9-12,16-18H,4-8,13-14H2,1-3H3. The number of benzene rings is 1. The average Bonchev–Trinajstić information content (AvgIpc) is 3.36. The predicted octanol–water partition coefficient (Wildman–Crippen LogP) is 3.48. The summed E-state index contributed by atoms with van der Waals surface area (Å²) in [6, 6.07) is 4.23. The van der Waals surface area contributed by atoms with Gasteiger partial charge in [0.25, 0.3) is 5.91 Å². The first-order valence-electron chi connectivity index (χ1n) is 10.9. The first kappa shape index (κ1) is 20.5. The lowest BCUT2D eigenvalue weighted by Gasteiger charge is -2.38. The van der Waals surface area contributed by atoms with Gasteiger partial charge in [-0.1, -0.05) is 0 Å². The third-order valence-corrected chi connectivity index (χ3v) is 5.86. The zero-order valence-electron chi connectivity index (χ0n) is 17.9. The van der Waals surface area contributed by atoms with Gasteiger partial charge in [0.15, 0.2) is 11.5 Å². The van der Waals surface area contributed by atoms with Gasteiger partial charge in [-0.15, -0.1) is 0 Å². The minimum atomic E-state index is 0.0272. The molecule has 1 aromatic heterocycles. The van der Waals surface area contributed by atoms with E-state index in [0.29, 0.717) is 42.6 Å². The SMILES string of the molecule is CCOc1cc(C(=O)N2C3CCC2CC(n2nccn2)C3)cc(OCC)c1OCC. The second-order valence-electron chi connectivity index (χ2n) is 7.67. The number of ether oxygens (including phenoxy) is 3. The monoisotopic (exact) mass is 414 g/mol. The van der Waals surface area contributed by atoms with Crippen molar-refractivity contribution in [2.45, 2.75) is 64.6 Å². The van der Waals surface area contributed by atoms with Gasteiger partial charge in [-0.2, -0.15) is 15.0 Å². The van der Waals surface area contributed by atoms with Crippen molar-refractivity contribution in [2.24, 2.45) is 0 Å². The molecule has 2 bridgehead atoms. The maximum absolute atomic E-state index is 13.6. The molecule has 8 nitrogen and oxygen atoms in total. The van der Waals surface area contributed by atoms with E-state index >= 15 is 0 Å². The molecule has 1 aromatic carbocycles. The number of hydrogen-bond acceptors (Lipinski definition) is 6. The van der Waals surface area contributed by atoms with Crippen LogP contribution in [0.1, 0.15) is 62.9 Å². The van der Waals surface area contributed by atoms with Gasteiger partial charge in [-0.05, 0) is 58.6 Å². The van der Waals surface area contributed by atoms with Gasteiger partial charge in [0, 0.05) is 17.6 Å². The number of nitrogens with zero attached hydrogens (tertiary/aromatic N) is 4.